The fourth-order valence-electron chi connectivity index (χ4n) is 8.85. The minimum atomic E-state index is 1.08. The van der Waals surface area contributed by atoms with Crippen LogP contribution in [0.4, 0.5) is 17.1 Å². The predicted octanol–water partition coefficient (Wildman–Crippen LogP) is 17.0. The summed E-state index contributed by atoms with van der Waals surface area (Å²) in [7, 11) is 0. The van der Waals surface area contributed by atoms with Crippen molar-refractivity contribution in [1.82, 2.24) is 0 Å². The maximum Gasteiger partial charge on any atom is 0.0546 e. The molecule has 0 aliphatic heterocycles. The molecule has 0 aliphatic rings. The number of benzene rings is 10. The average Bonchev–Trinajstić information content (AvgIpc) is 3.71. The van der Waals surface area contributed by atoms with Gasteiger partial charge in [0.25, 0.3) is 0 Å². The number of hydrogen-bond donors (Lipinski definition) is 0. The summed E-state index contributed by atoms with van der Waals surface area (Å²) in [4.78, 5) is 2.47. The molecule has 0 atom stereocenters. The summed E-state index contributed by atoms with van der Waals surface area (Å²) in [5.74, 6) is 0. The van der Waals surface area contributed by atoms with Crippen LogP contribution in [0.3, 0.4) is 0 Å². The molecule has 0 spiro atoms. The highest BCUT2D eigenvalue weighted by Gasteiger charge is 2.24. The van der Waals surface area contributed by atoms with Gasteiger partial charge >= 0.3 is 0 Å². The van der Waals surface area contributed by atoms with Crippen molar-refractivity contribution in [2.45, 2.75) is 0 Å². The zero-order chi connectivity index (χ0) is 39.8. The van der Waals surface area contributed by atoms with Gasteiger partial charge in [-0.2, -0.15) is 0 Å². The molecule has 0 N–H and O–H groups in total. The molecule has 0 bridgehead atoms. The van der Waals surface area contributed by atoms with Crippen molar-refractivity contribution >= 4 is 59.3 Å². The second kappa shape index (κ2) is 15.3. The minimum Gasteiger partial charge on any atom is -0.310 e. The maximum absolute atomic E-state index is 2.47. The van der Waals surface area contributed by atoms with Crippen LogP contribution in [0.5, 0.6) is 0 Å². The molecule has 0 saturated heterocycles. The van der Waals surface area contributed by atoms with Gasteiger partial charge in [0.15, 0.2) is 0 Å². The lowest BCUT2D eigenvalue weighted by Gasteiger charge is -2.30. The molecule has 0 amide bonds. The number of fused-ring (bicyclic) bond motifs is 4. The van der Waals surface area contributed by atoms with E-state index in [2.05, 4.69) is 241 Å². The molecule has 0 saturated carbocycles. The summed E-state index contributed by atoms with van der Waals surface area (Å²) in [5, 5.41) is 5.08. The van der Waals surface area contributed by atoms with Gasteiger partial charge in [-0.1, -0.05) is 194 Å². The van der Waals surface area contributed by atoms with Gasteiger partial charge < -0.3 is 4.90 Å². The molecular formula is C58H39NS. The van der Waals surface area contributed by atoms with Crippen molar-refractivity contribution in [2.24, 2.45) is 0 Å². The fraction of sp³-hybridized carbons (Fsp3) is 0. The van der Waals surface area contributed by atoms with Crippen molar-refractivity contribution in [3.8, 4) is 55.6 Å². The number of hydrogen-bond acceptors (Lipinski definition) is 2. The molecule has 1 heterocycles. The van der Waals surface area contributed by atoms with Crippen molar-refractivity contribution in [3.63, 3.8) is 0 Å². The Labute approximate surface area is 354 Å². The third-order valence-corrected chi connectivity index (χ3v) is 12.9. The second-order valence-electron chi connectivity index (χ2n) is 15.3. The molecule has 0 aliphatic carbocycles. The van der Waals surface area contributed by atoms with Crippen molar-refractivity contribution in [2.75, 3.05) is 4.90 Å². The first-order valence-electron chi connectivity index (χ1n) is 20.5. The Morgan fingerprint density at radius 1 is 0.300 bits per heavy atom. The quantitative estimate of drug-likeness (QED) is 0.148. The van der Waals surface area contributed by atoms with Crippen LogP contribution >= 0.6 is 11.3 Å². The van der Waals surface area contributed by atoms with E-state index >= 15 is 0 Å². The molecule has 0 unspecified atom stereocenters. The van der Waals surface area contributed by atoms with Crippen LogP contribution in [0.15, 0.2) is 237 Å². The lowest BCUT2D eigenvalue weighted by atomic mass is 9.87. The van der Waals surface area contributed by atoms with Crippen molar-refractivity contribution in [3.05, 3.63) is 237 Å². The standard InChI is InChI=1S/C58H39NS/c1-3-18-41(19-4-1)49-27-9-10-29-53(49)57-50(42-20-5-2-6-21-42)30-16-33-55(57)59(47-25-13-23-44(38-47)45-36-35-40-17-7-8-22-43(40)37-45)48-26-14-24-46(39-48)51-31-15-32-54-52-28-11-12-34-56(52)60-58(51)54/h1-39H. The summed E-state index contributed by atoms with van der Waals surface area (Å²) >= 11 is 1.88. The van der Waals surface area contributed by atoms with E-state index in [0.717, 1.165) is 17.1 Å². The van der Waals surface area contributed by atoms with Crippen LogP contribution in [0, 0.1) is 0 Å². The van der Waals surface area contributed by atoms with Gasteiger partial charge in [0.1, 0.15) is 0 Å². The van der Waals surface area contributed by atoms with Gasteiger partial charge in [-0.3, -0.25) is 0 Å². The first kappa shape index (κ1) is 35.6. The van der Waals surface area contributed by atoms with Gasteiger partial charge in [0, 0.05) is 37.1 Å². The zero-order valence-electron chi connectivity index (χ0n) is 32.9. The third kappa shape index (κ3) is 6.44. The van der Waals surface area contributed by atoms with Crippen LogP contribution in [-0.2, 0) is 0 Å². The molecule has 60 heavy (non-hydrogen) atoms. The first-order valence-corrected chi connectivity index (χ1v) is 21.3. The topological polar surface area (TPSA) is 3.24 Å². The van der Waals surface area contributed by atoms with E-state index in [-0.39, 0.29) is 0 Å². The summed E-state index contributed by atoms with van der Waals surface area (Å²) in [6.07, 6.45) is 0. The summed E-state index contributed by atoms with van der Waals surface area (Å²) in [5.41, 5.74) is 15.1. The monoisotopic (exact) mass is 781 g/mol. The molecule has 11 rings (SSSR count). The van der Waals surface area contributed by atoms with Gasteiger partial charge in [-0.05, 0) is 103 Å². The highest BCUT2D eigenvalue weighted by atomic mass is 32.1. The summed E-state index contributed by atoms with van der Waals surface area (Å²) in [6.45, 7) is 0. The number of rotatable bonds is 8. The Morgan fingerprint density at radius 2 is 0.833 bits per heavy atom. The van der Waals surface area contributed by atoms with E-state index in [1.165, 1.54) is 86.6 Å². The molecule has 1 aromatic heterocycles. The van der Waals surface area contributed by atoms with E-state index in [0.29, 0.717) is 0 Å². The van der Waals surface area contributed by atoms with Crippen molar-refractivity contribution in [1.29, 1.82) is 0 Å². The van der Waals surface area contributed by atoms with Crippen LogP contribution in [0.25, 0.3) is 86.6 Å². The van der Waals surface area contributed by atoms with Crippen molar-refractivity contribution < 1.29 is 0 Å². The molecule has 0 radical (unpaired) electrons. The first-order chi connectivity index (χ1) is 29.8. The fourth-order valence-corrected chi connectivity index (χ4v) is 10.1. The third-order valence-electron chi connectivity index (χ3n) is 11.7. The van der Waals surface area contributed by atoms with E-state index in [9.17, 15) is 0 Å². The molecular weight excluding hydrogens is 743 g/mol. The molecule has 1 nitrogen and oxygen atoms in total. The normalized spacial score (nSPS) is 11.3. The maximum atomic E-state index is 2.47. The lowest BCUT2D eigenvalue weighted by molar-refractivity contribution is 1.28. The van der Waals surface area contributed by atoms with Crippen LogP contribution in [0.2, 0.25) is 0 Å². The van der Waals surface area contributed by atoms with Gasteiger partial charge in [0.05, 0.1) is 5.69 Å². The largest absolute Gasteiger partial charge is 0.310 e. The molecule has 2 heteroatoms. The lowest BCUT2D eigenvalue weighted by Crippen LogP contribution is -2.12. The number of nitrogens with zero attached hydrogens (tertiary/aromatic N) is 1. The minimum absolute atomic E-state index is 1.08. The Bertz CT molecular complexity index is 3330. The number of thiophene rings is 1. The van der Waals surface area contributed by atoms with Crippen LogP contribution in [0.1, 0.15) is 0 Å². The highest BCUT2D eigenvalue weighted by molar-refractivity contribution is 7.26. The number of anilines is 3. The van der Waals surface area contributed by atoms with Crippen LogP contribution in [-0.4, -0.2) is 0 Å². The predicted molar refractivity (Wildman–Crippen MR) is 259 cm³/mol. The van der Waals surface area contributed by atoms with E-state index in [4.69, 9.17) is 0 Å². The van der Waals surface area contributed by atoms with Gasteiger partial charge in [0.2, 0.25) is 0 Å². The van der Waals surface area contributed by atoms with E-state index in [1.807, 2.05) is 11.3 Å². The molecule has 10 aromatic carbocycles. The smallest absolute Gasteiger partial charge is 0.0546 e. The summed E-state index contributed by atoms with van der Waals surface area (Å²) in [6, 6.07) is 86.3. The summed E-state index contributed by atoms with van der Waals surface area (Å²) < 4.78 is 2.62. The Kier molecular flexibility index (Phi) is 9.11. The van der Waals surface area contributed by atoms with E-state index in [1.54, 1.807) is 0 Å². The molecule has 282 valence electrons. The molecule has 11 aromatic rings. The second-order valence-corrected chi connectivity index (χ2v) is 16.3. The van der Waals surface area contributed by atoms with E-state index < -0.39 is 0 Å². The Balaban J connectivity index is 1.18. The average molecular weight is 782 g/mol. The Hall–Kier alpha value is -7.52. The highest BCUT2D eigenvalue weighted by Crippen LogP contribution is 2.49. The van der Waals surface area contributed by atoms with Crippen LogP contribution < -0.4 is 4.90 Å². The zero-order valence-corrected chi connectivity index (χ0v) is 33.7. The SMILES string of the molecule is c1ccc(-c2ccccc2-c2c(-c3ccccc3)cccc2N(c2cccc(-c3ccc4ccccc4c3)c2)c2cccc(-c3cccc4c3sc3ccccc34)c2)cc1. The van der Waals surface area contributed by atoms with Gasteiger partial charge in [-0.15, -0.1) is 11.3 Å². The molecule has 0 fully saturated rings. The van der Waals surface area contributed by atoms with Gasteiger partial charge in [-0.25, -0.2) is 0 Å². The Morgan fingerprint density at radius 3 is 1.63 bits per heavy atom.